The van der Waals surface area contributed by atoms with Crippen molar-refractivity contribution in [2.24, 2.45) is 0 Å². The minimum Gasteiger partial charge on any atom is -0.351 e. The Morgan fingerprint density at radius 1 is 1.29 bits per heavy atom. The summed E-state index contributed by atoms with van der Waals surface area (Å²) < 4.78 is 1.51. The lowest BCUT2D eigenvalue weighted by Gasteiger charge is -2.07. The van der Waals surface area contributed by atoms with Gasteiger partial charge in [0.25, 0.3) is 5.91 Å². The van der Waals surface area contributed by atoms with E-state index in [-0.39, 0.29) is 18.3 Å². The summed E-state index contributed by atoms with van der Waals surface area (Å²) in [6, 6.07) is 7.17. The first-order valence-corrected chi connectivity index (χ1v) is 6.63. The molecule has 0 saturated carbocycles. The maximum atomic E-state index is 12.0. The molecule has 21 heavy (non-hydrogen) atoms. The minimum absolute atomic E-state index is 0. The second-order valence-electron chi connectivity index (χ2n) is 4.31. The Kier molecular flexibility index (Phi) is 7.34. The largest absolute Gasteiger partial charge is 0.351 e. The highest BCUT2D eigenvalue weighted by molar-refractivity contribution is 5.94. The molecule has 0 aliphatic heterocycles. The predicted molar refractivity (Wildman–Crippen MR) is 81.9 cm³/mol. The average Bonchev–Trinajstić information content (AvgIpc) is 3.01. The molecule has 0 bridgehead atoms. The number of benzene rings is 1. The highest BCUT2D eigenvalue weighted by Crippen LogP contribution is 2.08. The number of tetrazole rings is 1. The molecule has 1 aromatic heterocycles. The molecule has 114 valence electrons. The zero-order valence-electron chi connectivity index (χ0n) is 11.8. The number of nitrogens with zero attached hydrogens (tertiary/aromatic N) is 4. The van der Waals surface area contributed by atoms with Gasteiger partial charge < -0.3 is 10.6 Å². The Hall–Kier alpha value is -1.99. The number of carbonyl (C=O) groups is 1. The van der Waals surface area contributed by atoms with Crippen LogP contribution in [0.15, 0.2) is 30.6 Å². The van der Waals surface area contributed by atoms with Crippen molar-refractivity contribution in [1.29, 1.82) is 0 Å². The van der Waals surface area contributed by atoms with Gasteiger partial charge in [0.1, 0.15) is 6.33 Å². The van der Waals surface area contributed by atoms with Gasteiger partial charge in [-0.05, 0) is 41.6 Å². The van der Waals surface area contributed by atoms with E-state index >= 15 is 0 Å². The van der Waals surface area contributed by atoms with E-state index in [2.05, 4.69) is 33.1 Å². The zero-order chi connectivity index (χ0) is 14.2. The molecule has 1 heterocycles. The van der Waals surface area contributed by atoms with Crippen LogP contribution in [0.3, 0.4) is 0 Å². The highest BCUT2D eigenvalue weighted by atomic mass is 35.5. The van der Waals surface area contributed by atoms with Gasteiger partial charge in [-0.15, -0.1) is 17.5 Å². The summed E-state index contributed by atoms with van der Waals surface area (Å²) in [7, 11) is 0. The topological polar surface area (TPSA) is 84.7 Å². The quantitative estimate of drug-likeness (QED) is 0.739. The summed E-state index contributed by atoms with van der Waals surface area (Å²) >= 11 is 0. The monoisotopic (exact) mass is 310 g/mol. The molecular weight excluding hydrogens is 292 g/mol. The Morgan fingerprint density at radius 3 is 2.86 bits per heavy atom. The lowest BCUT2D eigenvalue weighted by Crippen LogP contribution is -2.32. The van der Waals surface area contributed by atoms with Gasteiger partial charge in [-0.1, -0.05) is 13.0 Å². The van der Waals surface area contributed by atoms with Crippen LogP contribution in [-0.2, 0) is 0 Å². The molecule has 0 aliphatic carbocycles. The van der Waals surface area contributed by atoms with Crippen LogP contribution in [0.4, 0.5) is 0 Å². The van der Waals surface area contributed by atoms with E-state index in [9.17, 15) is 4.79 Å². The SMILES string of the molecule is CCCNCCNC(=O)c1cccc(-n2cnnn2)c1.Cl. The first kappa shape index (κ1) is 17.1. The van der Waals surface area contributed by atoms with E-state index in [1.54, 1.807) is 18.2 Å². The molecule has 2 rings (SSSR count). The number of rotatable bonds is 7. The fraction of sp³-hybridized carbons (Fsp3) is 0.385. The lowest BCUT2D eigenvalue weighted by atomic mass is 10.2. The van der Waals surface area contributed by atoms with Crippen molar-refractivity contribution in [3.05, 3.63) is 36.2 Å². The first-order chi connectivity index (χ1) is 9.81. The summed E-state index contributed by atoms with van der Waals surface area (Å²) in [6.07, 6.45) is 2.58. The summed E-state index contributed by atoms with van der Waals surface area (Å²) in [4.78, 5) is 12.0. The van der Waals surface area contributed by atoms with Gasteiger partial charge in [-0.3, -0.25) is 4.79 Å². The van der Waals surface area contributed by atoms with Gasteiger partial charge in [0.05, 0.1) is 5.69 Å². The van der Waals surface area contributed by atoms with Gasteiger partial charge in [0.2, 0.25) is 0 Å². The van der Waals surface area contributed by atoms with E-state index in [1.165, 1.54) is 11.0 Å². The average molecular weight is 311 g/mol. The third-order valence-corrected chi connectivity index (χ3v) is 2.74. The van der Waals surface area contributed by atoms with Crippen LogP contribution in [0.2, 0.25) is 0 Å². The normalized spacial score (nSPS) is 9.95. The van der Waals surface area contributed by atoms with Crippen LogP contribution < -0.4 is 10.6 Å². The highest BCUT2D eigenvalue weighted by Gasteiger charge is 2.06. The second kappa shape index (κ2) is 9.04. The third kappa shape index (κ3) is 5.13. The molecular formula is C13H19ClN6O. The van der Waals surface area contributed by atoms with Crippen molar-refractivity contribution in [1.82, 2.24) is 30.8 Å². The molecule has 8 heteroatoms. The fourth-order valence-electron chi connectivity index (χ4n) is 1.74. The Balaban J connectivity index is 0.00000220. The van der Waals surface area contributed by atoms with Crippen molar-refractivity contribution in [3.8, 4) is 5.69 Å². The van der Waals surface area contributed by atoms with E-state index in [0.717, 1.165) is 25.2 Å². The minimum atomic E-state index is -0.0989. The van der Waals surface area contributed by atoms with Crippen molar-refractivity contribution in [2.45, 2.75) is 13.3 Å². The molecule has 2 aromatic rings. The van der Waals surface area contributed by atoms with Crippen molar-refractivity contribution in [3.63, 3.8) is 0 Å². The van der Waals surface area contributed by atoms with E-state index in [1.807, 2.05) is 6.07 Å². The van der Waals surface area contributed by atoms with E-state index in [4.69, 9.17) is 0 Å². The number of carbonyl (C=O) groups excluding carboxylic acids is 1. The van der Waals surface area contributed by atoms with Crippen LogP contribution in [-0.4, -0.2) is 45.7 Å². The van der Waals surface area contributed by atoms with Gasteiger partial charge in [0, 0.05) is 18.7 Å². The fourth-order valence-corrected chi connectivity index (χ4v) is 1.74. The Labute approximate surface area is 129 Å². The Morgan fingerprint density at radius 2 is 2.14 bits per heavy atom. The molecule has 0 aliphatic rings. The number of hydrogen-bond donors (Lipinski definition) is 2. The van der Waals surface area contributed by atoms with Gasteiger partial charge in [-0.25, -0.2) is 4.68 Å². The van der Waals surface area contributed by atoms with Crippen LogP contribution in [0.5, 0.6) is 0 Å². The van der Waals surface area contributed by atoms with Crippen LogP contribution in [0, 0.1) is 0 Å². The van der Waals surface area contributed by atoms with Gasteiger partial charge in [0.15, 0.2) is 0 Å². The molecule has 0 unspecified atom stereocenters. The molecule has 1 aromatic carbocycles. The standard InChI is InChI=1S/C13H18N6O.ClH/c1-2-6-14-7-8-15-13(20)11-4-3-5-12(9-11)19-10-16-17-18-19;/h3-5,9-10,14H,2,6-8H2,1H3,(H,15,20);1H. The molecule has 2 N–H and O–H groups in total. The molecule has 1 amide bonds. The number of halogens is 1. The van der Waals surface area contributed by atoms with Crippen molar-refractivity contribution >= 4 is 18.3 Å². The lowest BCUT2D eigenvalue weighted by molar-refractivity contribution is 0.0954. The molecule has 0 radical (unpaired) electrons. The summed E-state index contributed by atoms with van der Waals surface area (Å²) in [5, 5.41) is 17.0. The maximum absolute atomic E-state index is 12.0. The molecule has 0 spiro atoms. The Bertz CT molecular complexity index is 545. The first-order valence-electron chi connectivity index (χ1n) is 6.63. The van der Waals surface area contributed by atoms with Crippen LogP contribution >= 0.6 is 12.4 Å². The van der Waals surface area contributed by atoms with E-state index < -0.39 is 0 Å². The summed E-state index contributed by atoms with van der Waals surface area (Å²) in [5.74, 6) is -0.0989. The van der Waals surface area contributed by atoms with Gasteiger partial charge >= 0.3 is 0 Å². The summed E-state index contributed by atoms with van der Waals surface area (Å²) in [6.45, 7) is 4.45. The van der Waals surface area contributed by atoms with Crippen molar-refractivity contribution in [2.75, 3.05) is 19.6 Å². The predicted octanol–water partition coefficient (Wildman–Crippen LogP) is 0.813. The number of aromatic nitrogens is 4. The number of nitrogens with one attached hydrogen (secondary N) is 2. The molecule has 0 atom stereocenters. The number of hydrogen-bond acceptors (Lipinski definition) is 5. The summed E-state index contributed by atoms with van der Waals surface area (Å²) in [5.41, 5.74) is 1.35. The second-order valence-corrected chi connectivity index (χ2v) is 4.31. The molecule has 0 saturated heterocycles. The third-order valence-electron chi connectivity index (χ3n) is 2.74. The zero-order valence-corrected chi connectivity index (χ0v) is 12.6. The number of amides is 1. The van der Waals surface area contributed by atoms with E-state index in [0.29, 0.717) is 12.1 Å². The molecule has 0 fully saturated rings. The van der Waals surface area contributed by atoms with Crippen LogP contribution in [0.1, 0.15) is 23.7 Å². The van der Waals surface area contributed by atoms with Crippen molar-refractivity contribution < 1.29 is 4.79 Å². The molecule has 7 nitrogen and oxygen atoms in total. The smallest absolute Gasteiger partial charge is 0.251 e. The maximum Gasteiger partial charge on any atom is 0.251 e. The van der Waals surface area contributed by atoms with Gasteiger partial charge in [-0.2, -0.15) is 0 Å². The van der Waals surface area contributed by atoms with Crippen LogP contribution in [0.25, 0.3) is 5.69 Å².